The fourth-order valence-electron chi connectivity index (χ4n) is 2.98. The number of ether oxygens (including phenoxy) is 1. The van der Waals surface area contributed by atoms with Gasteiger partial charge in [0.1, 0.15) is 6.54 Å². The number of aromatic nitrogens is 5. The molecule has 1 unspecified atom stereocenters. The van der Waals surface area contributed by atoms with Crippen molar-refractivity contribution in [3.05, 3.63) is 48.1 Å². The third-order valence-electron chi connectivity index (χ3n) is 4.39. The monoisotopic (exact) mass is 368 g/mol. The third kappa shape index (κ3) is 4.03. The molecule has 1 atom stereocenters. The van der Waals surface area contributed by atoms with Crippen LogP contribution >= 0.6 is 0 Å². The molecule has 1 aromatic carbocycles. The summed E-state index contributed by atoms with van der Waals surface area (Å²) in [6.45, 7) is 1.58. The summed E-state index contributed by atoms with van der Waals surface area (Å²) in [7, 11) is 1.66. The van der Waals surface area contributed by atoms with Gasteiger partial charge < -0.3 is 14.2 Å². The van der Waals surface area contributed by atoms with Crippen LogP contribution in [-0.4, -0.2) is 55.7 Å². The minimum atomic E-state index is -0.256. The van der Waals surface area contributed by atoms with E-state index < -0.39 is 0 Å². The summed E-state index contributed by atoms with van der Waals surface area (Å²) in [6, 6.07) is 9.52. The summed E-state index contributed by atoms with van der Waals surface area (Å²) >= 11 is 0. The van der Waals surface area contributed by atoms with Crippen LogP contribution < -0.4 is 0 Å². The standard InChI is InChI=1S/C18H20N6O3/c1-23(12-16-19-17(21-27-16)13-6-3-2-4-7-13)18(25)15-11-24(22-20-15)10-14-8-5-9-26-14/h2-4,6-7,11,14H,5,8-10,12H2,1H3. The van der Waals surface area contributed by atoms with Gasteiger partial charge in [0.15, 0.2) is 5.69 Å². The second kappa shape index (κ2) is 7.67. The number of hydrogen-bond acceptors (Lipinski definition) is 7. The molecule has 0 bridgehead atoms. The van der Waals surface area contributed by atoms with Crippen molar-refractivity contribution in [3.8, 4) is 11.4 Å². The van der Waals surface area contributed by atoms with Crippen molar-refractivity contribution in [3.63, 3.8) is 0 Å². The number of nitrogens with zero attached hydrogens (tertiary/aromatic N) is 6. The quantitative estimate of drug-likeness (QED) is 0.654. The molecule has 9 heteroatoms. The number of amides is 1. The summed E-state index contributed by atoms with van der Waals surface area (Å²) in [5.74, 6) is 0.596. The second-order valence-corrected chi connectivity index (χ2v) is 6.50. The fraction of sp³-hybridized carbons (Fsp3) is 0.389. The first kappa shape index (κ1) is 17.3. The summed E-state index contributed by atoms with van der Waals surface area (Å²) in [4.78, 5) is 18.4. The van der Waals surface area contributed by atoms with Gasteiger partial charge in [-0.15, -0.1) is 5.10 Å². The molecule has 9 nitrogen and oxygen atoms in total. The van der Waals surface area contributed by atoms with Gasteiger partial charge in [-0.25, -0.2) is 4.68 Å². The second-order valence-electron chi connectivity index (χ2n) is 6.50. The summed E-state index contributed by atoms with van der Waals surface area (Å²) in [5.41, 5.74) is 1.14. The highest BCUT2D eigenvalue weighted by atomic mass is 16.5. The van der Waals surface area contributed by atoms with Gasteiger partial charge in [0.25, 0.3) is 5.91 Å². The van der Waals surface area contributed by atoms with Crippen LogP contribution in [0.2, 0.25) is 0 Å². The van der Waals surface area contributed by atoms with E-state index in [-0.39, 0.29) is 24.2 Å². The predicted octanol–water partition coefficient (Wildman–Crippen LogP) is 1.78. The van der Waals surface area contributed by atoms with Crippen LogP contribution in [0.25, 0.3) is 11.4 Å². The van der Waals surface area contributed by atoms with Gasteiger partial charge in [-0.3, -0.25) is 4.79 Å². The van der Waals surface area contributed by atoms with Crippen LogP contribution in [0.15, 0.2) is 41.1 Å². The maximum absolute atomic E-state index is 12.6. The fourth-order valence-corrected chi connectivity index (χ4v) is 2.98. The number of hydrogen-bond donors (Lipinski definition) is 0. The first-order valence-corrected chi connectivity index (χ1v) is 8.84. The van der Waals surface area contributed by atoms with Crippen molar-refractivity contribution in [1.82, 2.24) is 30.0 Å². The Bertz CT molecular complexity index is 901. The molecule has 27 heavy (non-hydrogen) atoms. The predicted molar refractivity (Wildman–Crippen MR) is 94.5 cm³/mol. The van der Waals surface area contributed by atoms with Gasteiger partial charge in [0, 0.05) is 19.2 Å². The smallest absolute Gasteiger partial charge is 0.276 e. The Hall–Kier alpha value is -3.07. The first-order valence-electron chi connectivity index (χ1n) is 8.84. The van der Waals surface area contributed by atoms with Crippen LogP contribution in [0.3, 0.4) is 0 Å². The van der Waals surface area contributed by atoms with E-state index in [0.717, 1.165) is 25.0 Å². The molecule has 0 N–H and O–H groups in total. The highest BCUT2D eigenvalue weighted by molar-refractivity contribution is 5.91. The van der Waals surface area contributed by atoms with Crippen LogP contribution in [0.1, 0.15) is 29.2 Å². The van der Waals surface area contributed by atoms with E-state index in [1.54, 1.807) is 17.9 Å². The molecule has 1 fully saturated rings. The molecule has 1 aliphatic heterocycles. The zero-order valence-electron chi connectivity index (χ0n) is 15.0. The molecule has 1 aliphatic rings. The lowest BCUT2D eigenvalue weighted by Gasteiger charge is -2.12. The van der Waals surface area contributed by atoms with Gasteiger partial charge in [0.05, 0.1) is 18.8 Å². The maximum atomic E-state index is 12.6. The Kier molecular flexibility index (Phi) is 4.93. The van der Waals surface area contributed by atoms with Crippen molar-refractivity contribution in [1.29, 1.82) is 0 Å². The number of benzene rings is 1. The molecule has 0 radical (unpaired) electrons. The van der Waals surface area contributed by atoms with E-state index in [9.17, 15) is 4.79 Å². The van der Waals surface area contributed by atoms with Crippen molar-refractivity contribution in [2.24, 2.45) is 0 Å². The summed E-state index contributed by atoms with van der Waals surface area (Å²) in [6.07, 6.45) is 3.85. The molecule has 4 rings (SSSR count). The van der Waals surface area contributed by atoms with E-state index in [0.29, 0.717) is 18.3 Å². The molecule has 0 aliphatic carbocycles. The van der Waals surface area contributed by atoms with Gasteiger partial charge in [-0.1, -0.05) is 40.7 Å². The highest BCUT2D eigenvalue weighted by Crippen LogP contribution is 2.16. The van der Waals surface area contributed by atoms with Crippen LogP contribution in [0, 0.1) is 0 Å². The van der Waals surface area contributed by atoms with Gasteiger partial charge in [0.2, 0.25) is 11.7 Å². The largest absolute Gasteiger partial charge is 0.376 e. The molecule has 1 saturated heterocycles. The van der Waals surface area contributed by atoms with Crippen molar-refractivity contribution < 1.29 is 14.1 Å². The lowest BCUT2D eigenvalue weighted by Crippen LogP contribution is -2.26. The van der Waals surface area contributed by atoms with E-state index in [2.05, 4.69) is 20.5 Å². The van der Waals surface area contributed by atoms with E-state index in [4.69, 9.17) is 9.26 Å². The third-order valence-corrected chi connectivity index (χ3v) is 4.39. The average Bonchev–Trinajstić information content (AvgIpc) is 3.44. The van der Waals surface area contributed by atoms with Crippen molar-refractivity contribution in [2.75, 3.05) is 13.7 Å². The molecule has 2 aromatic heterocycles. The highest BCUT2D eigenvalue weighted by Gasteiger charge is 2.21. The van der Waals surface area contributed by atoms with Crippen LogP contribution in [0.5, 0.6) is 0 Å². The van der Waals surface area contributed by atoms with Crippen LogP contribution in [0.4, 0.5) is 0 Å². The van der Waals surface area contributed by atoms with Crippen molar-refractivity contribution >= 4 is 5.91 Å². The number of carbonyl (C=O) groups is 1. The zero-order valence-corrected chi connectivity index (χ0v) is 15.0. The number of carbonyl (C=O) groups excluding carboxylic acids is 1. The molecule has 1 amide bonds. The van der Waals surface area contributed by atoms with Gasteiger partial charge in [-0.2, -0.15) is 4.98 Å². The molecular weight excluding hydrogens is 348 g/mol. The lowest BCUT2D eigenvalue weighted by atomic mass is 10.2. The number of rotatable bonds is 6. The Balaban J connectivity index is 1.38. The molecule has 0 saturated carbocycles. The maximum Gasteiger partial charge on any atom is 0.276 e. The Labute approximate surface area is 155 Å². The molecule has 3 aromatic rings. The van der Waals surface area contributed by atoms with E-state index in [1.807, 2.05) is 30.3 Å². The lowest BCUT2D eigenvalue weighted by molar-refractivity contribution is 0.0763. The Morgan fingerprint density at radius 2 is 2.19 bits per heavy atom. The SMILES string of the molecule is CN(Cc1nc(-c2ccccc2)no1)C(=O)c1cn(CC2CCCO2)nn1. The summed E-state index contributed by atoms with van der Waals surface area (Å²) in [5, 5.41) is 12.0. The summed E-state index contributed by atoms with van der Waals surface area (Å²) < 4.78 is 12.5. The molecule has 0 spiro atoms. The normalized spacial score (nSPS) is 16.6. The Morgan fingerprint density at radius 1 is 1.33 bits per heavy atom. The van der Waals surface area contributed by atoms with E-state index in [1.165, 1.54) is 4.90 Å². The molecule has 3 heterocycles. The minimum absolute atomic E-state index is 0.141. The van der Waals surface area contributed by atoms with Gasteiger partial charge in [-0.05, 0) is 12.8 Å². The molecular formula is C18H20N6O3. The van der Waals surface area contributed by atoms with E-state index >= 15 is 0 Å². The average molecular weight is 368 g/mol. The minimum Gasteiger partial charge on any atom is -0.376 e. The van der Waals surface area contributed by atoms with Crippen molar-refractivity contribution in [2.45, 2.75) is 32.0 Å². The van der Waals surface area contributed by atoms with Gasteiger partial charge >= 0.3 is 0 Å². The zero-order chi connectivity index (χ0) is 18.6. The molecule has 140 valence electrons. The first-order chi connectivity index (χ1) is 13.2. The van der Waals surface area contributed by atoms with Crippen LogP contribution in [-0.2, 0) is 17.8 Å². The Morgan fingerprint density at radius 3 is 2.96 bits per heavy atom. The topological polar surface area (TPSA) is 99.2 Å².